The number of carbonyl (C=O) groups excluding carboxylic acids is 6. The Morgan fingerprint density at radius 2 is 1.05 bits per heavy atom. The fourth-order valence-electron chi connectivity index (χ4n) is 8.42. The Morgan fingerprint density at radius 3 is 1.44 bits per heavy atom. The number of nitrogens with zero attached hydrogens (tertiary/aromatic N) is 3. The molecule has 318 valence electrons. The summed E-state index contributed by atoms with van der Waals surface area (Å²) < 4.78 is 11.8. The van der Waals surface area contributed by atoms with Crippen LogP contribution < -0.4 is 21.3 Å². The van der Waals surface area contributed by atoms with Crippen LogP contribution in [0.3, 0.4) is 0 Å². The Kier molecular flexibility index (Phi) is 13.2. The number of alkyl carbamates (subject to hydrolysis) is 2. The average molecular weight is 830 g/mol. The molecule has 0 saturated carbocycles. The molecule has 2 saturated heterocycles. The molecule has 6 amide bonds. The molecule has 0 bridgehead atoms. The molecule has 2 aliphatic rings. The van der Waals surface area contributed by atoms with Gasteiger partial charge in [0.1, 0.15) is 24.2 Å². The van der Waals surface area contributed by atoms with Crippen molar-refractivity contribution in [3.63, 3.8) is 0 Å². The Balaban J connectivity index is 1.11. The first-order valence-electron chi connectivity index (χ1n) is 20.7. The van der Waals surface area contributed by atoms with E-state index < -0.39 is 48.2 Å². The molecule has 4 N–H and O–H groups in total. The number of carbonyl (C=O) groups is 6. The zero-order valence-corrected chi connectivity index (χ0v) is 34.5. The minimum absolute atomic E-state index is 0.327. The maximum absolute atomic E-state index is 13.9. The van der Waals surface area contributed by atoms with E-state index in [1.165, 1.54) is 24.0 Å². The van der Waals surface area contributed by atoms with Gasteiger partial charge in [-0.2, -0.15) is 0 Å². The fourth-order valence-corrected chi connectivity index (χ4v) is 8.42. The monoisotopic (exact) mass is 829 g/mol. The molecular weight excluding hydrogens is 779 g/mol. The van der Waals surface area contributed by atoms with E-state index in [1.807, 2.05) is 48.5 Å². The van der Waals surface area contributed by atoms with Crippen molar-refractivity contribution in [1.29, 1.82) is 0 Å². The zero-order valence-electron chi connectivity index (χ0n) is 34.5. The summed E-state index contributed by atoms with van der Waals surface area (Å²) >= 11 is 0. The molecule has 2 fully saturated rings. The number of nitrogens with one attached hydrogen (secondary N) is 4. The number of ether oxygens (including phenoxy) is 2. The van der Waals surface area contributed by atoms with Gasteiger partial charge in [0, 0.05) is 41.8 Å². The minimum atomic E-state index is -1.02. The van der Waals surface area contributed by atoms with Crippen molar-refractivity contribution in [2.24, 2.45) is 0 Å². The molecule has 0 radical (unpaired) electrons. The predicted octanol–water partition coefficient (Wildman–Crippen LogP) is 6.65. The SMILES string of the molecule is CCCCn1c2cc(NC(=O)[C@@H]3CCCN3C(=O)[C@@H](NC(=O)OC)c3ccccc3)ccc2c2ccc(NC(=O)[C@@H]3CCCN3C(=O)[C@@H](NC(=O)OC)c3ccccc3)cc21. The number of amides is 6. The van der Waals surface area contributed by atoms with Crippen LogP contribution in [0, 0.1) is 0 Å². The molecule has 0 spiro atoms. The number of unbranched alkanes of at least 4 members (excludes halogenated alkanes) is 1. The standard InChI is InChI=1S/C46H51N7O8/c1-4-5-24-51-37-27-31(47-41(54)35-18-12-25-52(35)43(56)39(49-45(58)60-2)29-14-8-6-9-15-29)20-22-33(37)34-23-21-32(28-38(34)51)48-42(55)36-19-13-26-53(36)44(57)40(50-46(59)61-3)30-16-10-7-11-17-30/h6-11,14-17,20-23,27-28,35-36,39-40H,4-5,12-13,18-19,24-26H2,1-3H3,(H,47,54)(H,48,55)(H,49,58)(H,50,59)/t35-,36-,39-,40-/m0/s1. The Hall–Kier alpha value is -6.90. The smallest absolute Gasteiger partial charge is 0.407 e. The van der Waals surface area contributed by atoms with Crippen LogP contribution in [-0.4, -0.2) is 89.6 Å². The molecule has 3 heterocycles. The van der Waals surface area contributed by atoms with E-state index in [0.29, 0.717) is 67.8 Å². The van der Waals surface area contributed by atoms with E-state index in [2.05, 4.69) is 32.8 Å². The summed E-state index contributed by atoms with van der Waals surface area (Å²) in [5, 5.41) is 13.3. The highest BCUT2D eigenvalue weighted by Crippen LogP contribution is 2.34. The van der Waals surface area contributed by atoms with Gasteiger partial charge >= 0.3 is 12.2 Å². The fraction of sp³-hybridized carbons (Fsp3) is 0.348. The van der Waals surface area contributed by atoms with Crippen LogP contribution in [0.25, 0.3) is 21.8 Å². The van der Waals surface area contributed by atoms with Crippen molar-refractivity contribution < 1.29 is 38.2 Å². The zero-order chi connectivity index (χ0) is 43.0. The summed E-state index contributed by atoms with van der Waals surface area (Å²) in [5.41, 5.74) is 4.09. The highest BCUT2D eigenvalue weighted by Gasteiger charge is 2.40. The normalized spacial score (nSPS) is 17.1. The van der Waals surface area contributed by atoms with E-state index in [4.69, 9.17) is 9.47 Å². The second-order valence-electron chi connectivity index (χ2n) is 15.3. The van der Waals surface area contributed by atoms with Gasteiger partial charge in [0.2, 0.25) is 11.8 Å². The van der Waals surface area contributed by atoms with Gasteiger partial charge in [-0.15, -0.1) is 0 Å². The second kappa shape index (κ2) is 19.0. The van der Waals surface area contributed by atoms with Crippen molar-refractivity contribution in [3.05, 3.63) is 108 Å². The molecule has 0 unspecified atom stereocenters. The van der Waals surface area contributed by atoms with Crippen molar-refractivity contribution in [2.75, 3.05) is 37.9 Å². The number of hydrogen-bond acceptors (Lipinski definition) is 8. The number of hydrogen-bond donors (Lipinski definition) is 4. The number of likely N-dealkylation sites (tertiary alicyclic amines) is 2. The lowest BCUT2D eigenvalue weighted by atomic mass is 10.0. The molecule has 4 atom stereocenters. The molecule has 61 heavy (non-hydrogen) atoms. The lowest BCUT2D eigenvalue weighted by Gasteiger charge is -2.28. The molecule has 0 aliphatic carbocycles. The quantitative estimate of drug-likeness (QED) is 0.102. The summed E-state index contributed by atoms with van der Waals surface area (Å²) in [7, 11) is 2.46. The van der Waals surface area contributed by atoms with Gasteiger partial charge in [0.15, 0.2) is 0 Å². The third-order valence-electron chi connectivity index (χ3n) is 11.5. The van der Waals surface area contributed by atoms with Crippen molar-refractivity contribution in [2.45, 2.75) is 76.2 Å². The van der Waals surface area contributed by atoms with Crippen LogP contribution in [0.1, 0.15) is 68.7 Å². The number of rotatable bonds is 13. The number of anilines is 2. The van der Waals surface area contributed by atoms with Gasteiger partial charge in [-0.1, -0.05) is 86.1 Å². The Bertz CT molecular complexity index is 2260. The van der Waals surface area contributed by atoms with E-state index in [0.717, 1.165) is 34.6 Å². The average Bonchev–Trinajstić information content (AvgIpc) is 4.05. The van der Waals surface area contributed by atoms with Gasteiger partial charge in [0.25, 0.3) is 11.8 Å². The van der Waals surface area contributed by atoms with Crippen LogP contribution in [-0.2, 0) is 35.2 Å². The lowest BCUT2D eigenvalue weighted by molar-refractivity contribution is -0.138. The van der Waals surface area contributed by atoms with Crippen molar-refractivity contribution in [1.82, 2.24) is 25.0 Å². The summed E-state index contributed by atoms with van der Waals surface area (Å²) in [5.74, 6) is -1.45. The molecule has 1 aromatic heterocycles. The van der Waals surface area contributed by atoms with Crippen LogP contribution >= 0.6 is 0 Å². The predicted molar refractivity (Wildman–Crippen MR) is 231 cm³/mol. The first kappa shape index (κ1) is 42.2. The lowest BCUT2D eigenvalue weighted by Crippen LogP contribution is -2.48. The second-order valence-corrected chi connectivity index (χ2v) is 15.3. The third kappa shape index (κ3) is 9.15. The Labute approximate surface area is 353 Å². The van der Waals surface area contributed by atoms with Crippen molar-refractivity contribution >= 4 is 69.0 Å². The van der Waals surface area contributed by atoms with Gasteiger partial charge < -0.3 is 45.1 Å². The molecular formula is C46H51N7O8. The molecule has 15 nitrogen and oxygen atoms in total. The van der Waals surface area contributed by atoms with Crippen LogP contribution in [0.5, 0.6) is 0 Å². The van der Waals surface area contributed by atoms with Crippen LogP contribution in [0.4, 0.5) is 21.0 Å². The van der Waals surface area contributed by atoms with E-state index in [9.17, 15) is 28.8 Å². The van der Waals surface area contributed by atoms with Crippen LogP contribution in [0.2, 0.25) is 0 Å². The largest absolute Gasteiger partial charge is 0.453 e. The third-order valence-corrected chi connectivity index (χ3v) is 11.5. The van der Waals surface area contributed by atoms with E-state index >= 15 is 0 Å². The van der Waals surface area contributed by atoms with Crippen molar-refractivity contribution in [3.8, 4) is 0 Å². The number of aryl methyl sites for hydroxylation is 1. The highest BCUT2D eigenvalue weighted by atomic mass is 16.5. The first-order valence-corrected chi connectivity index (χ1v) is 20.7. The molecule has 2 aliphatic heterocycles. The number of fused-ring (bicyclic) bond motifs is 3. The van der Waals surface area contributed by atoms with Crippen LogP contribution in [0.15, 0.2) is 97.1 Å². The summed E-state index contributed by atoms with van der Waals surface area (Å²) in [6, 6.07) is 25.7. The number of aromatic nitrogens is 1. The Morgan fingerprint density at radius 1 is 0.623 bits per heavy atom. The summed E-state index contributed by atoms with van der Waals surface area (Å²) in [6.07, 6.45) is 2.51. The minimum Gasteiger partial charge on any atom is -0.453 e. The van der Waals surface area contributed by atoms with Gasteiger partial charge in [0.05, 0.1) is 25.3 Å². The van der Waals surface area contributed by atoms with Gasteiger partial charge in [-0.05, 0) is 67.5 Å². The first-order chi connectivity index (χ1) is 29.6. The number of methoxy groups -OCH3 is 2. The topological polar surface area (TPSA) is 180 Å². The maximum Gasteiger partial charge on any atom is 0.407 e. The van der Waals surface area contributed by atoms with Gasteiger partial charge in [-0.3, -0.25) is 19.2 Å². The maximum atomic E-state index is 13.9. The van der Waals surface area contributed by atoms with Gasteiger partial charge in [-0.25, -0.2) is 9.59 Å². The van der Waals surface area contributed by atoms with E-state index in [-0.39, 0.29) is 11.8 Å². The molecule has 4 aromatic carbocycles. The molecule has 5 aromatic rings. The highest BCUT2D eigenvalue weighted by molar-refractivity contribution is 6.11. The van der Waals surface area contributed by atoms with E-state index in [1.54, 1.807) is 48.5 Å². The summed E-state index contributed by atoms with van der Waals surface area (Å²) in [4.78, 5) is 83.3. The molecule has 7 rings (SSSR count). The molecule has 15 heteroatoms. The summed E-state index contributed by atoms with van der Waals surface area (Å²) in [6.45, 7) is 3.52. The number of benzene rings is 4.